The average Bonchev–Trinajstić information content (AvgIpc) is 2.82. The topological polar surface area (TPSA) is 29.5 Å². The molecule has 0 spiro atoms. The summed E-state index contributed by atoms with van der Waals surface area (Å²) in [6, 6.07) is 4.68. The first kappa shape index (κ1) is 13.8. The number of aliphatic hydroxyl groups is 1. The molecule has 1 aromatic rings. The van der Waals surface area contributed by atoms with Gasteiger partial charge in [-0.05, 0) is 37.0 Å². The lowest BCUT2D eigenvalue weighted by Crippen LogP contribution is -2.29. The Bertz CT molecular complexity index is 411. The van der Waals surface area contributed by atoms with E-state index in [2.05, 4.69) is 6.92 Å². The SMILES string of the molecule is CCC1OCCC1C(O)Cc1ccc(Cl)c(F)c1. The molecule has 1 aliphatic rings. The summed E-state index contributed by atoms with van der Waals surface area (Å²) in [6.07, 6.45) is 1.85. The molecular weight excluding hydrogens is 255 g/mol. The van der Waals surface area contributed by atoms with Gasteiger partial charge in [-0.15, -0.1) is 0 Å². The van der Waals surface area contributed by atoms with E-state index in [4.69, 9.17) is 16.3 Å². The van der Waals surface area contributed by atoms with Gasteiger partial charge in [0.15, 0.2) is 0 Å². The van der Waals surface area contributed by atoms with Crippen molar-refractivity contribution in [2.75, 3.05) is 6.61 Å². The Labute approximate surface area is 112 Å². The Hall–Kier alpha value is -0.640. The van der Waals surface area contributed by atoms with Crippen molar-refractivity contribution < 1.29 is 14.2 Å². The quantitative estimate of drug-likeness (QED) is 0.912. The molecule has 18 heavy (non-hydrogen) atoms. The van der Waals surface area contributed by atoms with E-state index in [1.165, 1.54) is 12.1 Å². The van der Waals surface area contributed by atoms with Crippen LogP contribution in [0.3, 0.4) is 0 Å². The smallest absolute Gasteiger partial charge is 0.142 e. The van der Waals surface area contributed by atoms with Gasteiger partial charge in [0.1, 0.15) is 5.82 Å². The van der Waals surface area contributed by atoms with Crippen LogP contribution in [0.5, 0.6) is 0 Å². The maximum atomic E-state index is 13.3. The van der Waals surface area contributed by atoms with Gasteiger partial charge in [-0.3, -0.25) is 0 Å². The third-order valence-corrected chi connectivity index (χ3v) is 3.89. The van der Waals surface area contributed by atoms with E-state index in [0.29, 0.717) is 13.0 Å². The molecule has 4 heteroatoms. The van der Waals surface area contributed by atoms with Gasteiger partial charge in [0, 0.05) is 12.5 Å². The number of rotatable bonds is 4. The molecular formula is C14H18ClFO2. The van der Waals surface area contributed by atoms with Gasteiger partial charge in [0.2, 0.25) is 0 Å². The van der Waals surface area contributed by atoms with Gasteiger partial charge < -0.3 is 9.84 Å². The highest BCUT2D eigenvalue weighted by Crippen LogP contribution is 2.28. The van der Waals surface area contributed by atoms with Crippen LogP contribution in [0.25, 0.3) is 0 Å². The highest BCUT2D eigenvalue weighted by molar-refractivity contribution is 6.30. The zero-order valence-corrected chi connectivity index (χ0v) is 11.2. The molecule has 1 saturated heterocycles. The highest BCUT2D eigenvalue weighted by Gasteiger charge is 2.32. The number of ether oxygens (including phenoxy) is 1. The Morgan fingerprint density at radius 3 is 3.00 bits per heavy atom. The van der Waals surface area contributed by atoms with E-state index in [1.807, 2.05) is 0 Å². The first-order valence-electron chi connectivity index (χ1n) is 6.35. The fourth-order valence-corrected chi connectivity index (χ4v) is 2.70. The fourth-order valence-electron chi connectivity index (χ4n) is 2.59. The van der Waals surface area contributed by atoms with Crippen LogP contribution in [-0.4, -0.2) is 23.9 Å². The van der Waals surface area contributed by atoms with Crippen molar-refractivity contribution >= 4 is 11.6 Å². The zero-order valence-electron chi connectivity index (χ0n) is 10.4. The summed E-state index contributed by atoms with van der Waals surface area (Å²) in [4.78, 5) is 0. The minimum atomic E-state index is -0.488. The molecule has 1 aromatic carbocycles. The number of aliphatic hydroxyl groups excluding tert-OH is 1. The lowest BCUT2D eigenvalue weighted by atomic mass is 9.89. The third kappa shape index (κ3) is 3.02. The lowest BCUT2D eigenvalue weighted by Gasteiger charge is -2.22. The Morgan fingerprint density at radius 1 is 1.56 bits per heavy atom. The molecule has 3 unspecified atom stereocenters. The molecule has 0 bridgehead atoms. The minimum Gasteiger partial charge on any atom is -0.392 e. The summed E-state index contributed by atoms with van der Waals surface area (Å²) < 4.78 is 18.9. The molecule has 2 nitrogen and oxygen atoms in total. The average molecular weight is 273 g/mol. The summed E-state index contributed by atoms with van der Waals surface area (Å²) in [5.41, 5.74) is 0.770. The second-order valence-corrected chi connectivity index (χ2v) is 5.20. The van der Waals surface area contributed by atoms with Crippen LogP contribution < -0.4 is 0 Å². The molecule has 1 heterocycles. The molecule has 100 valence electrons. The molecule has 2 rings (SSSR count). The van der Waals surface area contributed by atoms with E-state index in [0.717, 1.165) is 18.4 Å². The summed E-state index contributed by atoms with van der Waals surface area (Å²) in [7, 11) is 0. The number of benzene rings is 1. The van der Waals surface area contributed by atoms with Crippen LogP contribution in [0.15, 0.2) is 18.2 Å². The van der Waals surface area contributed by atoms with Crippen molar-refractivity contribution in [3.05, 3.63) is 34.6 Å². The van der Waals surface area contributed by atoms with Gasteiger partial charge in [0.05, 0.1) is 17.2 Å². The summed E-state index contributed by atoms with van der Waals surface area (Å²) in [6.45, 7) is 2.76. The van der Waals surface area contributed by atoms with Crippen molar-refractivity contribution in [2.45, 2.75) is 38.4 Å². The summed E-state index contributed by atoms with van der Waals surface area (Å²) in [5.74, 6) is -0.287. The van der Waals surface area contributed by atoms with Crippen LogP contribution in [0, 0.1) is 11.7 Å². The molecule has 0 saturated carbocycles. The van der Waals surface area contributed by atoms with Crippen LogP contribution in [0.4, 0.5) is 4.39 Å². The predicted molar refractivity (Wildman–Crippen MR) is 69.3 cm³/mol. The van der Waals surface area contributed by atoms with Crippen molar-refractivity contribution in [3.8, 4) is 0 Å². The van der Waals surface area contributed by atoms with E-state index >= 15 is 0 Å². The lowest BCUT2D eigenvalue weighted by molar-refractivity contribution is 0.0317. The maximum absolute atomic E-state index is 13.3. The van der Waals surface area contributed by atoms with E-state index in [-0.39, 0.29) is 17.0 Å². The van der Waals surface area contributed by atoms with Crippen molar-refractivity contribution in [1.29, 1.82) is 0 Å². The first-order chi connectivity index (χ1) is 8.61. The second kappa shape index (κ2) is 6.00. The van der Waals surface area contributed by atoms with Gasteiger partial charge in [-0.25, -0.2) is 4.39 Å². The fraction of sp³-hybridized carbons (Fsp3) is 0.571. The van der Waals surface area contributed by atoms with Crippen molar-refractivity contribution in [2.24, 2.45) is 5.92 Å². The van der Waals surface area contributed by atoms with Crippen molar-refractivity contribution in [1.82, 2.24) is 0 Å². The molecule has 1 N–H and O–H groups in total. The first-order valence-corrected chi connectivity index (χ1v) is 6.73. The highest BCUT2D eigenvalue weighted by atomic mass is 35.5. The molecule has 3 atom stereocenters. The molecule has 0 aromatic heterocycles. The monoisotopic (exact) mass is 272 g/mol. The third-order valence-electron chi connectivity index (χ3n) is 3.59. The summed E-state index contributed by atoms with van der Waals surface area (Å²) >= 11 is 5.63. The Balaban J connectivity index is 2.02. The molecule has 0 amide bonds. The number of hydrogen-bond donors (Lipinski definition) is 1. The van der Waals surface area contributed by atoms with E-state index < -0.39 is 11.9 Å². The van der Waals surface area contributed by atoms with Gasteiger partial charge >= 0.3 is 0 Å². The zero-order chi connectivity index (χ0) is 13.1. The van der Waals surface area contributed by atoms with Crippen LogP contribution in [-0.2, 0) is 11.2 Å². The van der Waals surface area contributed by atoms with Gasteiger partial charge in [-0.1, -0.05) is 24.6 Å². The van der Waals surface area contributed by atoms with Gasteiger partial charge in [-0.2, -0.15) is 0 Å². The predicted octanol–water partition coefficient (Wildman–Crippen LogP) is 3.20. The molecule has 1 aliphatic heterocycles. The molecule has 0 radical (unpaired) electrons. The number of halogens is 2. The van der Waals surface area contributed by atoms with Crippen LogP contribution in [0.1, 0.15) is 25.3 Å². The van der Waals surface area contributed by atoms with Gasteiger partial charge in [0.25, 0.3) is 0 Å². The Morgan fingerprint density at radius 2 is 2.33 bits per heavy atom. The van der Waals surface area contributed by atoms with E-state index in [9.17, 15) is 9.50 Å². The van der Waals surface area contributed by atoms with Crippen LogP contribution in [0.2, 0.25) is 5.02 Å². The number of hydrogen-bond acceptors (Lipinski definition) is 2. The Kier molecular flexibility index (Phi) is 4.60. The molecule has 1 fully saturated rings. The molecule has 0 aliphatic carbocycles. The largest absolute Gasteiger partial charge is 0.392 e. The normalized spacial score (nSPS) is 25.3. The van der Waals surface area contributed by atoms with Crippen LogP contribution >= 0.6 is 11.6 Å². The maximum Gasteiger partial charge on any atom is 0.142 e. The van der Waals surface area contributed by atoms with E-state index in [1.54, 1.807) is 6.07 Å². The second-order valence-electron chi connectivity index (χ2n) is 4.79. The minimum absolute atomic E-state index is 0.115. The van der Waals surface area contributed by atoms with Crippen molar-refractivity contribution in [3.63, 3.8) is 0 Å². The summed E-state index contributed by atoms with van der Waals surface area (Å²) in [5, 5.41) is 10.3. The standard InChI is InChI=1S/C14H18ClFO2/c1-2-14-10(5-6-18-14)13(17)8-9-3-4-11(15)12(16)7-9/h3-4,7,10,13-14,17H,2,5-6,8H2,1H3.